The average Bonchev–Trinajstić information content (AvgIpc) is 1.84. The van der Waals surface area contributed by atoms with E-state index in [1.807, 2.05) is 0 Å². The quantitative estimate of drug-likeness (QED) is 0.359. The van der Waals surface area contributed by atoms with Crippen LogP contribution >= 0.6 is 25.3 Å². The second-order valence-corrected chi connectivity index (χ2v) is 2.23. The van der Waals surface area contributed by atoms with Crippen LogP contribution in [0.3, 0.4) is 0 Å². The van der Waals surface area contributed by atoms with Gasteiger partial charge in [-0.05, 0) is 0 Å². The Labute approximate surface area is 85.0 Å². The number of hydrogen-bond donors (Lipinski definition) is 4. The van der Waals surface area contributed by atoms with E-state index in [2.05, 4.69) is 25.3 Å². The monoisotopic (exact) mass is 366 g/mol. The van der Waals surface area contributed by atoms with Crippen LogP contribution in [0.15, 0.2) is 0 Å². The van der Waals surface area contributed by atoms with E-state index in [0.29, 0.717) is 0 Å². The van der Waals surface area contributed by atoms with Crippen LogP contribution in [0.25, 0.3) is 0 Å². The molecule has 0 fully saturated rings. The van der Waals surface area contributed by atoms with Crippen LogP contribution in [-0.2, 0) is 0 Å². The number of aliphatic hydroxyl groups excluding tert-OH is 2. The minimum absolute atomic E-state index is 0. The predicted molar refractivity (Wildman–Crippen MR) is 49.7 cm³/mol. The second kappa shape index (κ2) is 7.61. The molecule has 0 unspecified atom stereocenters. The van der Waals surface area contributed by atoms with Gasteiger partial charge < -0.3 is 10.2 Å². The van der Waals surface area contributed by atoms with Gasteiger partial charge >= 0.3 is 26.2 Å². The third kappa shape index (κ3) is 5.92. The first-order valence-electron chi connectivity index (χ1n) is 2.30. The van der Waals surface area contributed by atoms with Crippen molar-refractivity contribution in [3.05, 3.63) is 0 Å². The molecule has 0 amide bonds. The van der Waals surface area contributed by atoms with Gasteiger partial charge in [-0.3, -0.25) is 0 Å². The normalized spacial score (nSPS) is 16.0. The first-order valence-corrected chi connectivity index (χ1v) is 3.56. The van der Waals surface area contributed by atoms with Crippen LogP contribution in [0.5, 0.6) is 0 Å². The number of thiol groups is 2. The first kappa shape index (κ1) is 13.1. The van der Waals surface area contributed by atoms with Gasteiger partial charge in [0.05, 0.1) is 12.2 Å². The molecule has 0 aliphatic carbocycles. The molecule has 0 spiro atoms. The van der Waals surface area contributed by atoms with E-state index >= 15 is 0 Å². The van der Waals surface area contributed by atoms with Gasteiger partial charge in [0.15, 0.2) is 0 Å². The topological polar surface area (TPSA) is 40.5 Å². The van der Waals surface area contributed by atoms with Gasteiger partial charge in [0.1, 0.15) is 0 Å². The minimum atomic E-state index is -0.740. The Hall–Kier alpha value is 1.50. The van der Waals surface area contributed by atoms with Crippen LogP contribution in [0.1, 0.15) is 0 Å². The zero-order valence-electron chi connectivity index (χ0n) is 5.06. The summed E-state index contributed by atoms with van der Waals surface area (Å²) in [7, 11) is 0. The number of hydrogen-bond acceptors (Lipinski definition) is 4. The molecule has 9 heavy (non-hydrogen) atoms. The van der Waals surface area contributed by atoms with Crippen molar-refractivity contribution in [3.8, 4) is 0 Å². The standard InChI is InChI=1S/C4H10O2S2.Bi.3H/c5-3(1-7)4(6)2-8;;;;/h3-8H,1-2H2;;;;/t3-,4+;;;;. The van der Waals surface area contributed by atoms with Crippen LogP contribution < -0.4 is 0 Å². The average molecular weight is 366 g/mol. The van der Waals surface area contributed by atoms with Crippen molar-refractivity contribution in [2.24, 2.45) is 0 Å². The van der Waals surface area contributed by atoms with Crippen molar-refractivity contribution >= 4 is 51.5 Å². The van der Waals surface area contributed by atoms with Crippen molar-refractivity contribution in [2.45, 2.75) is 12.2 Å². The van der Waals surface area contributed by atoms with Crippen molar-refractivity contribution in [1.82, 2.24) is 0 Å². The van der Waals surface area contributed by atoms with Gasteiger partial charge in [-0.15, -0.1) is 0 Å². The Morgan fingerprint density at radius 2 is 1.22 bits per heavy atom. The van der Waals surface area contributed by atoms with Crippen LogP contribution in [0, 0.1) is 0 Å². The van der Waals surface area contributed by atoms with E-state index in [-0.39, 0.29) is 37.7 Å². The molecule has 0 bridgehead atoms. The molecule has 2 nitrogen and oxygen atoms in total. The fourth-order valence-corrected chi connectivity index (χ4v) is 0.730. The molecule has 0 aromatic carbocycles. The first-order chi connectivity index (χ1) is 3.72. The molecule has 58 valence electrons. The maximum atomic E-state index is 8.75. The second-order valence-electron chi connectivity index (χ2n) is 1.50. The third-order valence-electron chi connectivity index (χ3n) is 0.818. The Bertz CT molecular complexity index is 56.5. The third-order valence-corrected chi connectivity index (χ3v) is 1.57. The van der Waals surface area contributed by atoms with Crippen LogP contribution in [0.2, 0.25) is 0 Å². The Balaban J connectivity index is 0. The van der Waals surface area contributed by atoms with E-state index in [0.717, 1.165) is 0 Å². The van der Waals surface area contributed by atoms with Gasteiger partial charge in [0.2, 0.25) is 0 Å². The summed E-state index contributed by atoms with van der Waals surface area (Å²) < 4.78 is 0. The molecule has 2 atom stereocenters. The Kier molecular flexibility index (Phi) is 11.1. The van der Waals surface area contributed by atoms with E-state index in [9.17, 15) is 0 Å². The van der Waals surface area contributed by atoms with Crippen LogP contribution in [0.4, 0.5) is 0 Å². The Morgan fingerprint density at radius 1 is 1.00 bits per heavy atom. The summed E-state index contributed by atoms with van der Waals surface area (Å²) in [6.45, 7) is 0. The van der Waals surface area contributed by atoms with Gasteiger partial charge in [-0.2, -0.15) is 25.3 Å². The van der Waals surface area contributed by atoms with Crippen molar-refractivity contribution in [2.75, 3.05) is 11.5 Å². The molecule has 2 N–H and O–H groups in total. The van der Waals surface area contributed by atoms with Crippen molar-refractivity contribution < 1.29 is 10.2 Å². The molecule has 5 heteroatoms. The molecular formula is C4H13BiO2S2. The van der Waals surface area contributed by atoms with E-state index < -0.39 is 12.2 Å². The van der Waals surface area contributed by atoms with Gasteiger partial charge in [0, 0.05) is 11.5 Å². The van der Waals surface area contributed by atoms with E-state index in [4.69, 9.17) is 10.2 Å². The predicted octanol–water partition coefficient (Wildman–Crippen LogP) is -1.62. The number of aliphatic hydroxyl groups is 2. The SMILES string of the molecule is O[C@H](CS)[C@@H](O)CS.[BiH3]. The maximum absolute atomic E-state index is 8.75. The van der Waals surface area contributed by atoms with Gasteiger partial charge in [-0.25, -0.2) is 0 Å². The molecule has 0 aliphatic rings. The molecule has 0 aromatic rings. The van der Waals surface area contributed by atoms with Crippen LogP contribution in [-0.4, -0.2) is 60.1 Å². The summed E-state index contributed by atoms with van der Waals surface area (Å²) in [4.78, 5) is 0. The molecule has 0 heterocycles. The summed E-state index contributed by atoms with van der Waals surface area (Å²) in [6, 6.07) is 0. The van der Waals surface area contributed by atoms with Gasteiger partial charge in [-0.1, -0.05) is 0 Å². The molecule has 0 aromatic heterocycles. The summed E-state index contributed by atoms with van der Waals surface area (Å²) in [5.74, 6) is 0.559. The summed E-state index contributed by atoms with van der Waals surface area (Å²) in [6.07, 6.45) is -1.48. The van der Waals surface area contributed by atoms with Crippen molar-refractivity contribution in [3.63, 3.8) is 0 Å². The molecular weight excluding hydrogens is 353 g/mol. The molecule has 0 aliphatic heterocycles. The zero-order chi connectivity index (χ0) is 6.57. The Morgan fingerprint density at radius 3 is 1.33 bits per heavy atom. The van der Waals surface area contributed by atoms with Gasteiger partial charge in [0.25, 0.3) is 0 Å². The van der Waals surface area contributed by atoms with E-state index in [1.54, 1.807) is 0 Å². The molecule has 0 saturated carbocycles. The zero-order valence-corrected chi connectivity index (χ0v) is 12.4. The van der Waals surface area contributed by atoms with Crippen molar-refractivity contribution in [1.29, 1.82) is 0 Å². The fourth-order valence-electron chi connectivity index (χ4n) is 0.243. The molecule has 0 saturated heterocycles. The number of rotatable bonds is 3. The molecule has 0 radical (unpaired) electrons. The summed E-state index contributed by atoms with van der Waals surface area (Å²) in [5.41, 5.74) is 0. The summed E-state index contributed by atoms with van der Waals surface area (Å²) >= 11 is 7.53. The van der Waals surface area contributed by atoms with E-state index in [1.165, 1.54) is 0 Å². The molecule has 0 rings (SSSR count). The summed E-state index contributed by atoms with van der Waals surface area (Å²) in [5, 5.41) is 17.5. The fraction of sp³-hybridized carbons (Fsp3) is 1.00.